The average molecular weight is 1220 g/mol. The summed E-state index contributed by atoms with van der Waals surface area (Å²) in [6, 6.07) is 0. The number of allylic oxidation sites excluding steroid dienone is 1. The topological polar surface area (TPSA) is 408 Å². The molecule has 11 N–H and O–H groups in total. The van der Waals surface area contributed by atoms with Crippen LogP contribution in [0.4, 0.5) is 0 Å². The van der Waals surface area contributed by atoms with Crippen molar-refractivity contribution in [2.24, 2.45) is 33.5 Å². The van der Waals surface area contributed by atoms with E-state index in [1.165, 1.54) is 14.0 Å². The summed E-state index contributed by atoms with van der Waals surface area (Å²) in [6.45, 7) is 13.0. The van der Waals surface area contributed by atoms with E-state index in [0.717, 1.165) is 5.57 Å². The molecule has 0 aromatic heterocycles. The molecule has 29 atom stereocenters. The van der Waals surface area contributed by atoms with Gasteiger partial charge in [-0.15, -0.1) is 0 Å². The fraction of sp³-hybridized carbons (Fsp3) is 0.944. The third-order valence-electron chi connectivity index (χ3n) is 21.4. The van der Waals surface area contributed by atoms with Crippen LogP contribution in [0.3, 0.4) is 0 Å². The minimum absolute atomic E-state index is 0. The molecule has 1 spiro atoms. The van der Waals surface area contributed by atoms with Gasteiger partial charge in [0.05, 0.1) is 43.7 Å². The Morgan fingerprint density at radius 1 is 0.675 bits per heavy atom. The zero-order chi connectivity index (χ0) is 60.0. The number of cyclic esters (lactones) is 1. The van der Waals surface area contributed by atoms with Crippen LogP contribution >= 0.6 is 0 Å². The summed E-state index contributed by atoms with van der Waals surface area (Å²) in [5, 5.41) is 125. The van der Waals surface area contributed by atoms with E-state index in [2.05, 4.69) is 11.1 Å². The summed E-state index contributed by atoms with van der Waals surface area (Å²) in [5.74, 6) is -0.989. The zero-order valence-electron chi connectivity index (χ0n) is 48.6. The summed E-state index contributed by atoms with van der Waals surface area (Å²) < 4.78 is 106. The number of hydrogen-bond donors (Lipinski definition) is 11. The van der Waals surface area contributed by atoms with E-state index in [-0.39, 0.29) is 47.8 Å². The fourth-order valence-corrected chi connectivity index (χ4v) is 17.4. The number of aliphatic hydroxyl groups is 11. The van der Waals surface area contributed by atoms with E-state index in [9.17, 15) is 73.9 Å². The first kappa shape index (κ1) is 66.7. The van der Waals surface area contributed by atoms with Crippen molar-refractivity contribution < 1.29 is 160 Å². The molecule has 4 unspecified atom stereocenters. The Labute approximate surface area is 504 Å². The van der Waals surface area contributed by atoms with E-state index >= 15 is 0 Å². The largest absolute Gasteiger partial charge is 1.00 e. The molecule has 4 aliphatic carbocycles. The predicted molar refractivity (Wildman–Crippen MR) is 271 cm³/mol. The molecule has 6 aliphatic heterocycles. The van der Waals surface area contributed by atoms with E-state index in [0.29, 0.717) is 44.9 Å². The normalized spacial score (nSPS) is 53.0. The van der Waals surface area contributed by atoms with Crippen LogP contribution in [0.1, 0.15) is 107 Å². The Morgan fingerprint density at radius 2 is 1.27 bits per heavy atom. The Balaban J connectivity index is 0.00000828. The van der Waals surface area contributed by atoms with Gasteiger partial charge in [-0.05, 0) is 107 Å². The van der Waals surface area contributed by atoms with Crippen LogP contribution in [-0.4, -0.2) is 254 Å². The maximum Gasteiger partial charge on any atom is 1.00 e. The molecule has 27 nitrogen and oxygen atoms in total. The molecule has 3 saturated carbocycles. The van der Waals surface area contributed by atoms with Crippen molar-refractivity contribution in [2.45, 2.75) is 259 Å². The summed E-state index contributed by atoms with van der Waals surface area (Å²) >= 11 is 0. The van der Waals surface area contributed by atoms with Gasteiger partial charge < -0.3 is 113 Å². The first-order valence-electron chi connectivity index (χ1n) is 28.6. The standard InChI is InChI=1S/C54H86O27S.Na/c1-22-39(76-45-38(64)41(33(59)26(20-56)74-45)77-44-37(63)40(70-9)32(58)25(19-55)73-44)35(61)36(62)43(72-22)78-42-34(60)27(81-82(67,68)69)21-71-46(42)75-30-13-15-50(6)24-18-29(57)54-47(65)80-52(8,31-12-14-48(2,3)79-31)53(54,66)17-16-51(54,7)23(24)10-11-28(50)49(30,4)5;/h18,22-23,25-46,55-64,66H,10-17,19-21H2,1-9H3,(H,67,68,69);/q;+1/p-1/t22-,23?,25-,26-,27-,28?,29+,30+,31?,32-,33-,34+,35-,36-,37-,38-,39-,40+,41+,42-,43+,44+,45+,46+,50-,51+,52+,53+,54?;/m1./s1. The van der Waals surface area contributed by atoms with Crippen molar-refractivity contribution in [2.75, 3.05) is 26.9 Å². The third kappa shape index (κ3) is 10.5. The molecule has 83 heavy (non-hydrogen) atoms. The molecule has 10 rings (SSSR count). The smallest absolute Gasteiger partial charge is 0.726 e. The number of carbonyl (C=O) groups is 1. The Kier molecular flexibility index (Phi) is 18.9. The van der Waals surface area contributed by atoms with Crippen molar-refractivity contribution >= 4 is 16.4 Å². The number of esters is 1. The van der Waals surface area contributed by atoms with Gasteiger partial charge in [-0.25, -0.2) is 8.42 Å². The van der Waals surface area contributed by atoms with Crippen LogP contribution in [-0.2, 0) is 71.5 Å². The monoisotopic (exact) mass is 1220 g/mol. The summed E-state index contributed by atoms with van der Waals surface area (Å²) in [4.78, 5) is 14.7. The van der Waals surface area contributed by atoms with Crippen LogP contribution in [0.5, 0.6) is 0 Å². The first-order chi connectivity index (χ1) is 38.2. The summed E-state index contributed by atoms with van der Waals surface area (Å²) in [5.41, 5.74) is -6.53. The van der Waals surface area contributed by atoms with Gasteiger partial charge >= 0.3 is 35.5 Å². The number of ether oxygens (including phenoxy) is 11. The van der Waals surface area contributed by atoms with Gasteiger partial charge in [0, 0.05) is 7.11 Å². The van der Waals surface area contributed by atoms with Crippen LogP contribution < -0.4 is 29.6 Å². The number of methoxy groups -OCH3 is 1. The van der Waals surface area contributed by atoms with E-state index in [1.807, 2.05) is 34.6 Å². The van der Waals surface area contributed by atoms with Crippen LogP contribution in [0.25, 0.3) is 0 Å². The summed E-state index contributed by atoms with van der Waals surface area (Å²) in [7, 11) is -4.27. The molecule has 6 heterocycles. The Hall–Kier alpha value is -0.760. The summed E-state index contributed by atoms with van der Waals surface area (Å²) in [6.07, 6.45) is -29.4. The second-order valence-electron chi connectivity index (χ2n) is 26.5. The van der Waals surface area contributed by atoms with Gasteiger partial charge in [-0.3, -0.25) is 8.98 Å². The first-order valence-corrected chi connectivity index (χ1v) is 29.9. The van der Waals surface area contributed by atoms with Gasteiger partial charge in [0.2, 0.25) is 10.4 Å². The molecular weight excluding hydrogens is 1140 g/mol. The van der Waals surface area contributed by atoms with E-state index in [4.69, 9.17) is 52.1 Å². The molecule has 0 amide bonds. The van der Waals surface area contributed by atoms with Crippen molar-refractivity contribution in [3.05, 3.63) is 11.6 Å². The third-order valence-corrected chi connectivity index (χ3v) is 21.8. The van der Waals surface area contributed by atoms with Gasteiger partial charge in [0.15, 0.2) is 30.8 Å². The number of aliphatic hydroxyl groups excluding tert-OH is 10. The maximum absolute atomic E-state index is 14.7. The second-order valence-corrected chi connectivity index (χ2v) is 27.5. The maximum atomic E-state index is 14.7. The number of hydrogen-bond acceptors (Lipinski definition) is 27. The molecule has 6 saturated heterocycles. The van der Waals surface area contributed by atoms with Crippen LogP contribution in [0.2, 0.25) is 0 Å². The van der Waals surface area contributed by atoms with Crippen molar-refractivity contribution in [3.8, 4) is 0 Å². The van der Waals surface area contributed by atoms with Crippen molar-refractivity contribution in [3.63, 3.8) is 0 Å². The quantitative estimate of drug-likeness (QED) is 0.0193. The molecule has 9 fully saturated rings. The molecule has 0 aromatic carbocycles. The molecule has 470 valence electrons. The van der Waals surface area contributed by atoms with E-state index in [1.54, 1.807) is 13.0 Å². The Morgan fingerprint density at radius 3 is 1.86 bits per heavy atom. The number of fused-ring (bicyclic) bond motifs is 4. The minimum atomic E-state index is -5.44. The SMILES string of the molecule is CO[C@@H]1[C@@H](O)[C@H](O[C@@H]2[C@@H](O)[C@H](O[C@H]3[C@H](O)[C@@H](O)[C@H](O[C@H]4[C@H](O[C@H]5CC[C@]6(C)C7=C[C@H](O)C89C(=O)O[C@@](C)(C%10CCC(C)(C)O%10)[C@@]8(O)CC[C@@]9(C)C7CCC6C5(C)C)OC[C@@H](OS(=O)(=O)[O-])[C@@H]4O)O[C@@H]3C)O[C@H](CO)[C@H]2O)O[C@H](CO)[C@H]1O.[Na+]. The molecule has 29 heteroatoms. The van der Waals surface area contributed by atoms with Gasteiger partial charge in [-0.1, -0.05) is 39.3 Å². The predicted octanol–water partition coefficient (Wildman–Crippen LogP) is -5.60. The van der Waals surface area contributed by atoms with E-state index < -0.39 is 210 Å². The molecule has 0 aromatic rings. The molecular formula is C54H85NaO27S. The van der Waals surface area contributed by atoms with Crippen LogP contribution in [0, 0.1) is 33.5 Å². The fourth-order valence-electron chi connectivity index (χ4n) is 17.0. The van der Waals surface area contributed by atoms with Gasteiger partial charge in [0.1, 0.15) is 103 Å². The second kappa shape index (κ2) is 23.5. The van der Waals surface area contributed by atoms with Gasteiger partial charge in [0.25, 0.3) is 0 Å². The molecule has 10 aliphatic rings. The molecule has 0 bridgehead atoms. The minimum Gasteiger partial charge on any atom is -0.726 e. The van der Waals surface area contributed by atoms with Crippen LogP contribution in [0.15, 0.2) is 11.6 Å². The van der Waals surface area contributed by atoms with Gasteiger partial charge in [-0.2, -0.15) is 0 Å². The Bertz CT molecular complexity index is 2490. The van der Waals surface area contributed by atoms with Crippen molar-refractivity contribution in [1.29, 1.82) is 0 Å². The van der Waals surface area contributed by atoms with Crippen molar-refractivity contribution in [1.82, 2.24) is 0 Å². The molecule has 0 radical (unpaired) electrons. The average Bonchev–Trinajstić information content (AvgIpc) is 1.51. The number of carbonyl (C=O) groups excluding carboxylic acids is 1. The zero-order valence-corrected chi connectivity index (χ0v) is 51.4. The number of rotatable bonds is 14.